The summed E-state index contributed by atoms with van der Waals surface area (Å²) in [4.78, 5) is 23.7. The van der Waals surface area contributed by atoms with Crippen LogP contribution in [-0.4, -0.2) is 30.1 Å². The van der Waals surface area contributed by atoms with E-state index in [1.165, 1.54) is 6.07 Å². The molecule has 2 rings (SSSR count). The molecule has 5 heteroatoms. The molecule has 0 amide bonds. The van der Waals surface area contributed by atoms with Crippen molar-refractivity contribution >= 4 is 11.8 Å². The predicted octanol–water partition coefficient (Wildman–Crippen LogP) is 4.54. The second-order valence-corrected chi connectivity index (χ2v) is 6.85. The number of ether oxygens (including phenoxy) is 2. The third-order valence-corrected chi connectivity index (χ3v) is 4.21. The number of aromatic hydroxyl groups is 1. The molecule has 5 nitrogen and oxygen atoms in total. The molecule has 2 aromatic rings. The number of hydrogen-bond acceptors (Lipinski definition) is 5. The molecule has 1 N–H and O–H groups in total. The van der Waals surface area contributed by atoms with E-state index in [1.807, 2.05) is 13.0 Å². The molecule has 148 valence electrons. The van der Waals surface area contributed by atoms with E-state index in [2.05, 4.69) is 6.58 Å². The van der Waals surface area contributed by atoms with Crippen molar-refractivity contribution in [2.75, 3.05) is 13.2 Å². The predicted molar refractivity (Wildman–Crippen MR) is 108 cm³/mol. The zero-order valence-electron chi connectivity index (χ0n) is 16.3. The Kier molecular flexibility index (Phi) is 7.81. The fourth-order valence-corrected chi connectivity index (χ4v) is 2.58. The molecular weight excluding hydrogens is 356 g/mol. The number of phenols is 1. The van der Waals surface area contributed by atoms with Gasteiger partial charge in [-0.15, -0.1) is 0 Å². The summed E-state index contributed by atoms with van der Waals surface area (Å²) in [6.45, 7) is 8.00. The van der Waals surface area contributed by atoms with E-state index in [1.54, 1.807) is 43.3 Å². The van der Waals surface area contributed by atoms with Crippen molar-refractivity contribution in [1.82, 2.24) is 0 Å². The van der Waals surface area contributed by atoms with Crippen LogP contribution in [0.25, 0.3) is 0 Å². The van der Waals surface area contributed by atoms with Crippen LogP contribution in [-0.2, 0) is 9.53 Å². The fourth-order valence-electron chi connectivity index (χ4n) is 2.58. The average Bonchev–Trinajstić information content (AvgIpc) is 2.69. The van der Waals surface area contributed by atoms with Gasteiger partial charge in [-0.2, -0.15) is 0 Å². The molecule has 0 fully saturated rings. The molecular formula is C23H26O5. The maximum atomic E-state index is 12.4. The monoisotopic (exact) mass is 382 g/mol. The Labute approximate surface area is 165 Å². The minimum Gasteiger partial charge on any atom is -0.507 e. The Morgan fingerprint density at radius 2 is 1.86 bits per heavy atom. The Balaban J connectivity index is 1.82. The number of carbonyl (C=O) groups is 2. The number of hydrogen-bond donors (Lipinski definition) is 1. The van der Waals surface area contributed by atoms with Gasteiger partial charge in [0.25, 0.3) is 0 Å². The zero-order chi connectivity index (χ0) is 20.5. The summed E-state index contributed by atoms with van der Waals surface area (Å²) in [6.07, 6.45) is 1.57. The van der Waals surface area contributed by atoms with Crippen LogP contribution < -0.4 is 4.74 Å². The van der Waals surface area contributed by atoms with E-state index >= 15 is 0 Å². The summed E-state index contributed by atoms with van der Waals surface area (Å²) >= 11 is 0. The topological polar surface area (TPSA) is 72.8 Å². The van der Waals surface area contributed by atoms with Crippen LogP contribution in [0.4, 0.5) is 0 Å². The smallest absolute Gasteiger partial charge is 0.333 e. The van der Waals surface area contributed by atoms with Crippen LogP contribution in [0.2, 0.25) is 0 Å². The van der Waals surface area contributed by atoms with Crippen molar-refractivity contribution in [1.29, 1.82) is 0 Å². The molecule has 0 saturated carbocycles. The van der Waals surface area contributed by atoms with E-state index in [-0.39, 0.29) is 29.0 Å². The van der Waals surface area contributed by atoms with Gasteiger partial charge in [0, 0.05) is 17.2 Å². The molecule has 1 unspecified atom stereocenters. The van der Waals surface area contributed by atoms with Crippen molar-refractivity contribution < 1.29 is 24.2 Å². The molecule has 1 atom stereocenters. The normalized spacial score (nSPS) is 11.5. The lowest BCUT2D eigenvalue weighted by Crippen LogP contribution is -2.11. The van der Waals surface area contributed by atoms with Gasteiger partial charge in [0.2, 0.25) is 0 Å². The number of benzene rings is 2. The van der Waals surface area contributed by atoms with Crippen molar-refractivity contribution in [3.8, 4) is 11.5 Å². The van der Waals surface area contributed by atoms with Crippen molar-refractivity contribution in [2.45, 2.75) is 26.7 Å². The molecule has 0 heterocycles. The van der Waals surface area contributed by atoms with E-state index in [0.717, 1.165) is 12.8 Å². The minimum absolute atomic E-state index is 0.106. The second kappa shape index (κ2) is 10.3. The highest BCUT2D eigenvalue weighted by atomic mass is 16.5. The third-order valence-electron chi connectivity index (χ3n) is 4.21. The number of ketones is 1. The van der Waals surface area contributed by atoms with Crippen LogP contribution >= 0.6 is 0 Å². The molecule has 0 radical (unpaired) electrons. The third kappa shape index (κ3) is 6.27. The molecule has 0 aliphatic carbocycles. The van der Waals surface area contributed by atoms with Crippen molar-refractivity contribution in [2.24, 2.45) is 5.92 Å². The lowest BCUT2D eigenvalue weighted by Gasteiger charge is -2.14. The first-order valence-corrected chi connectivity index (χ1v) is 9.26. The van der Waals surface area contributed by atoms with Crippen molar-refractivity contribution in [3.05, 3.63) is 71.8 Å². The number of esters is 1. The highest BCUT2D eigenvalue weighted by Crippen LogP contribution is 2.26. The highest BCUT2D eigenvalue weighted by molar-refractivity contribution is 6.10. The van der Waals surface area contributed by atoms with Gasteiger partial charge in [-0.05, 0) is 37.8 Å². The Bertz CT molecular complexity index is 826. The van der Waals surface area contributed by atoms with E-state index in [4.69, 9.17) is 9.47 Å². The molecule has 0 saturated heterocycles. The van der Waals surface area contributed by atoms with E-state index in [9.17, 15) is 14.7 Å². The lowest BCUT2D eigenvalue weighted by atomic mass is 10.0. The lowest BCUT2D eigenvalue weighted by molar-refractivity contribution is -0.139. The van der Waals surface area contributed by atoms with Gasteiger partial charge >= 0.3 is 5.97 Å². The standard InChI is InChI=1S/C23H26O5/c1-16(2)23(26)27-13-7-8-17(3)15-28-19-11-12-20(21(24)14-19)22(25)18-9-5-4-6-10-18/h4-6,9-12,14,17,24H,1,7-8,13,15H2,2-3H3. The van der Waals surface area contributed by atoms with Gasteiger partial charge in [0.1, 0.15) is 11.5 Å². The van der Waals surface area contributed by atoms with Gasteiger partial charge in [-0.25, -0.2) is 4.79 Å². The summed E-state index contributed by atoms with van der Waals surface area (Å²) in [5, 5.41) is 10.2. The van der Waals surface area contributed by atoms with E-state index in [0.29, 0.717) is 30.1 Å². The average molecular weight is 382 g/mol. The number of carbonyl (C=O) groups excluding carboxylic acids is 2. The molecule has 0 aliphatic rings. The van der Waals surface area contributed by atoms with E-state index < -0.39 is 0 Å². The summed E-state index contributed by atoms with van der Waals surface area (Å²) in [7, 11) is 0. The number of phenolic OH excluding ortho intramolecular Hbond substituents is 1. The quantitative estimate of drug-likeness (QED) is 0.283. The highest BCUT2D eigenvalue weighted by Gasteiger charge is 2.14. The molecule has 0 aliphatic heterocycles. The Morgan fingerprint density at radius 3 is 2.50 bits per heavy atom. The summed E-state index contributed by atoms with van der Waals surface area (Å²) < 4.78 is 10.8. The van der Waals surface area contributed by atoms with Gasteiger partial charge < -0.3 is 14.6 Å². The summed E-state index contributed by atoms with van der Waals surface area (Å²) in [6, 6.07) is 13.5. The second-order valence-electron chi connectivity index (χ2n) is 6.85. The first-order chi connectivity index (χ1) is 13.4. The Hall–Kier alpha value is -3.08. The maximum absolute atomic E-state index is 12.4. The molecule has 0 spiro atoms. The molecule has 28 heavy (non-hydrogen) atoms. The van der Waals surface area contributed by atoms with Crippen LogP contribution in [0.5, 0.6) is 11.5 Å². The van der Waals surface area contributed by atoms with Crippen LogP contribution in [0.15, 0.2) is 60.7 Å². The number of rotatable bonds is 10. The minimum atomic E-state index is -0.371. The maximum Gasteiger partial charge on any atom is 0.333 e. The summed E-state index contributed by atoms with van der Waals surface area (Å²) in [5.74, 6) is 0.0385. The molecule has 2 aromatic carbocycles. The Morgan fingerprint density at radius 1 is 1.14 bits per heavy atom. The van der Waals surface area contributed by atoms with Crippen LogP contribution in [0, 0.1) is 5.92 Å². The van der Waals surface area contributed by atoms with Crippen LogP contribution in [0.1, 0.15) is 42.6 Å². The zero-order valence-corrected chi connectivity index (χ0v) is 16.3. The first kappa shape index (κ1) is 21.2. The van der Waals surface area contributed by atoms with Gasteiger partial charge in [-0.3, -0.25) is 4.79 Å². The largest absolute Gasteiger partial charge is 0.507 e. The van der Waals surface area contributed by atoms with Crippen molar-refractivity contribution in [3.63, 3.8) is 0 Å². The van der Waals surface area contributed by atoms with Gasteiger partial charge in [-0.1, -0.05) is 43.8 Å². The first-order valence-electron chi connectivity index (χ1n) is 9.26. The molecule has 0 bridgehead atoms. The molecule has 0 aromatic heterocycles. The van der Waals surface area contributed by atoms with Crippen LogP contribution in [0.3, 0.4) is 0 Å². The fraction of sp³-hybridized carbons (Fsp3) is 0.304. The summed E-state index contributed by atoms with van der Waals surface area (Å²) in [5.41, 5.74) is 1.16. The van der Waals surface area contributed by atoms with Gasteiger partial charge in [0.15, 0.2) is 5.78 Å². The van der Waals surface area contributed by atoms with Gasteiger partial charge in [0.05, 0.1) is 18.8 Å². The SMILES string of the molecule is C=C(C)C(=O)OCCCC(C)COc1ccc(C(=O)c2ccccc2)c(O)c1.